The van der Waals surface area contributed by atoms with Crippen LogP contribution in [0.25, 0.3) is 22.2 Å². The Morgan fingerprint density at radius 3 is 2.47 bits per heavy atom. The minimum Gasteiger partial charge on any atom is -0.353 e. The van der Waals surface area contributed by atoms with E-state index >= 15 is 0 Å². The third kappa shape index (κ3) is 1.94. The lowest BCUT2D eigenvalue weighted by Gasteiger charge is -2.09. The van der Waals surface area contributed by atoms with Gasteiger partial charge in [-0.15, -0.1) is 0 Å². The zero-order valence-corrected chi connectivity index (χ0v) is 11.2. The van der Waals surface area contributed by atoms with Crippen molar-refractivity contribution >= 4 is 22.5 Å². The Morgan fingerprint density at radius 2 is 1.74 bits per heavy atom. The van der Waals surface area contributed by atoms with Crippen LogP contribution in [0.3, 0.4) is 0 Å². The molecule has 0 amide bonds. The molecule has 0 aliphatic heterocycles. The average Bonchev–Trinajstić information content (AvgIpc) is 2.44. The molecule has 1 N–H and O–H groups in total. The highest BCUT2D eigenvalue weighted by Crippen LogP contribution is 2.26. The van der Waals surface area contributed by atoms with Crippen LogP contribution < -0.4 is 5.43 Å². The lowest BCUT2D eigenvalue weighted by Crippen LogP contribution is -2.06. The Bertz CT molecular complexity index is 806. The normalized spacial score (nSPS) is 10.8. The Morgan fingerprint density at radius 1 is 1.00 bits per heavy atom. The topological polar surface area (TPSA) is 32.9 Å². The summed E-state index contributed by atoms with van der Waals surface area (Å²) in [7, 11) is 0. The summed E-state index contributed by atoms with van der Waals surface area (Å²) in [5.41, 5.74) is 3.33. The molecule has 3 aromatic rings. The highest BCUT2D eigenvalue weighted by molar-refractivity contribution is 6.33. The highest BCUT2D eigenvalue weighted by atomic mass is 35.5. The van der Waals surface area contributed by atoms with Crippen LogP contribution in [0.1, 0.15) is 5.56 Å². The summed E-state index contributed by atoms with van der Waals surface area (Å²) >= 11 is 6.22. The van der Waals surface area contributed by atoms with Gasteiger partial charge in [-0.05, 0) is 24.1 Å². The third-order valence-electron chi connectivity index (χ3n) is 3.25. The molecule has 2 aromatic carbocycles. The van der Waals surface area contributed by atoms with Crippen molar-refractivity contribution in [3.05, 3.63) is 69.3 Å². The highest BCUT2D eigenvalue weighted by Gasteiger charge is 2.12. The van der Waals surface area contributed by atoms with E-state index < -0.39 is 0 Å². The fraction of sp³-hybridized carbons (Fsp3) is 0.0625. The third-order valence-corrected chi connectivity index (χ3v) is 3.61. The average molecular weight is 270 g/mol. The summed E-state index contributed by atoms with van der Waals surface area (Å²) in [5, 5.41) is 0.869. The van der Waals surface area contributed by atoms with E-state index in [1.165, 1.54) is 0 Å². The number of aryl methyl sites for hydroxylation is 1. The first kappa shape index (κ1) is 12.0. The van der Waals surface area contributed by atoms with Gasteiger partial charge in [0.05, 0.1) is 11.2 Å². The van der Waals surface area contributed by atoms with Crippen molar-refractivity contribution in [1.29, 1.82) is 0 Å². The van der Waals surface area contributed by atoms with Gasteiger partial charge < -0.3 is 4.98 Å². The molecule has 0 aliphatic carbocycles. The van der Waals surface area contributed by atoms with Crippen LogP contribution in [0.15, 0.2) is 53.3 Å². The van der Waals surface area contributed by atoms with Gasteiger partial charge in [-0.3, -0.25) is 4.79 Å². The molecule has 0 saturated heterocycles. The Kier molecular flexibility index (Phi) is 2.88. The maximum atomic E-state index is 12.3. The second kappa shape index (κ2) is 4.56. The Hall–Kier alpha value is -2.06. The Balaban J connectivity index is 2.42. The van der Waals surface area contributed by atoms with Gasteiger partial charge in [-0.25, -0.2) is 0 Å². The van der Waals surface area contributed by atoms with Crippen LogP contribution in [0, 0.1) is 6.92 Å². The molecule has 1 heterocycles. The number of H-pyrrole nitrogens is 1. The molecule has 0 aliphatic rings. The SMILES string of the molecule is Cc1cccc2c(=O)c(Cl)c(-c3ccccc3)[nH]c12. The largest absolute Gasteiger partial charge is 0.353 e. The maximum Gasteiger partial charge on any atom is 0.208 e. The molecule has 0 saturated carbocycles. The number of para-hydroxylation sites is 1. The van der Waals surface area contributed by atoms with E-state index in [-0.39, 0.29) is 10.5 Å². The molecule has 94 valence electrons. The molecule has 1 aromatic heterocycles. The van der Waals surface area contributed by atoms with Gasteiger partial charge in [0, 0.05) is 5.39 Å². The van der Waals surface area contributed by atoms with Crippen molar-refractivity contribution in [3.8, 4) is 11.3 Å². The first-order valence-electron chi connectivity index (χ1n) is 6.05. The molecule has 2 nitrogen and oxygen atoms in total. The lowest BCUT2D eigenvalue weighted by molar-refractivity contribution is 1.34. The minimum atomic E-state index is -0.127. The number of benzene rings is 2. The van der Waals surface area contributed by atoms with Gasteiger partial charge in [-0.1, -0.05) is 54.1 Å². The zero-order valence-electron chi connectivity index (χ0n) is 10.4. The monoisotopic (exact) mass is 269 g/mol. The van der Waals surface area contributed by atoms with Gasteiger partial charge in [0.15, 0.2) is 0 Å². The van der Waals surface area contributed by atoms with Crippen LogP contribution in [-0.4, -0.2) is 4.98 Å². The lowest BCUT2D eigenvalue weighted by atomic mass is 10.1. The van der Waals surface area contributed by atoms with Crippen molar-refractivity contribution in [2.45, 2.75) is 6.92 Å². The first-order valence-corrected chi connectivity index (χ1v) is 6.43. The summed E-state index contributed by atoms with van der Waals surface area (Å²) in [6, 6.07) is 15.3. The van der Waals surface area contributed by atoms with Gasteiger partial charge in [0.25, 0.3) is 0 Å². The second-order valence-electron chi connectivity index (χ2n) is 4.51. The molecule has 0 radical (unpaired) electrons. The van der Waals surface area contributed by atoms with Gasteiger partial charge >= 0.3 is 0 Å². The van der Waals surface area contributed by atoms with Crippen LogP contribution in [0.4, 0.5) is 0 Å². The van der Waals surface area contributed by atoms with Crippen molar-refractivity contribution in [2.24, 2.45) is 0 Å². The molecule has 0 fully saturated rings. The molecular weight excluding hydrogens is 258 g/mol. The van der Waals surface area contributed by atoms with E-state index in [0.717, 1.165) is 16.6 Å². The van der Waals surface area contributed by atoms with E-state index in [0.29, 0.717) is 11.1 Å². The number of halogens is 1. The molecule has 3 rings (SSSR count). The molecule has 19 heavy (non-hydrogen) atoms. The van der Waals surface area contributed by atoms with Crippen molar-refractivity contribution in [3.63, 3.8) is 0 Å². The number of rotatable bonds is 1. The Labute approximate surface area is 115 Å². The number of hydrogen-bond donors (Lipinski definition) is 1. The van der Waals surface area contributed by atoms with Gasteiger partial charge in [0.1, 0.15) is 5.02 Å². The van der Waals surface area contributed by atoms with Crippen LogP contribution >= 0.6 is 11.6 Å². The van der Waals surface area contributed by atoms with Crippen molar-refractivity contribution < 1.29 is 0 Å². The first-order chi connectivity index (χ1) is 9.18. The molecule has 0 spiro atoms. The van der Waals surface area contributed by atoms with E-state index in [9.17, 15) is 4.79 Å². The zero-order chi connectivity index (χ0) is 13.4. The van der Waals surface area contributed by atoms with Crippen LogP contribution in [0.5, 0.6) is 0 Å². The van der Waals surface area contributed by atoms with E-state index in [2.05, 4.69) is 4.98 Å². The summed E-state index contributed by atoms with van der Waals surface area (Å²) < 4.78 is 0. The number of fused-ring (bicyclic) bond motifs is 1. The second-order valence-corrected chi connectivity index (χ2v) is 4.88. The summed E-state index contributed by atoms with van der Waals surface area (Å²) in [5.74, 6) is 0. The fourth-order valence-electron chi connectivity index (χ4n) is 2.24. The number of hydrogen-bond acceptors (Lipinski definition) is 1. The smallest absolute Gasteiger partial charge is 0.208 e. The summed E-state index contributed by atoms with van der Waals surface area (Å²) in [6.45, 7) is 1.97. The van der Waals surface area contributed by atoms with Crippen molar-refractivity contribution in [1.82, 2.24) is 4.98 Å². The molecule has 0 bridgehead atoms. The van der Waals surface area contributed by atoms with E-state index in [1.54, 1.807) is 6.07 Å². The summed E-state index contributed by atoms with van der Waals surface area (Å²) in [6.07, 6.45) is 0. The number of aromatic nitrogens is 1. The van der Waals surface area contributed by atoms with Crippen LogP contribution in [0.2, 0.25) is 5.02 Å². The number of pyridine rings is 1. The molecule has 3 heteroatoms. The molecule has 0 unspecified atom stereocenters. The van der Waals surface area contributed by atoms with Gasteiger partial charge in [0.2, 0.25) is 5.43 Å². The number of aromatic amines is 1. The number of nitrogens with one attached hydrogen (secondary N) is 1. The van der Waals surface area contributed by atoms with Crippen molar-refractivity contribution in [2.75, 3.05) is 0 Å². The quantitative estimate of drug-likeness (QED) is 0.707. The molecule has 0 atom stereocenters. The summed E-state index contributed by atoms with van der Waals surface area (Å²) in [4.78, 5) is 15.6. The minimum absolute atomic E-state index is 0.127. The van der Waals surface area contributed by atoms with Gasteiger partial charge in [-0.2, -0.15) is 0 Å². The fourth-order valence-corrected chi connectivity index (χ4v) is 2.50. The van der Waals surface area contributed by atoms with E-state index in [1.807, 2.05) is 49.4 Å². The molecular formula is C16H12ClNO. The van der Waals surface area contributed by atoms with Crippen LogP contribution in [-0.2, 0) is 0 Å². The van der Waals surface area contributed by atoms with E-state index in [4.69, 9.17) is 11.6 Å². The standard InChI is InChI=1S/C16H12ClNO/c1-10-6-5-9-12-14(10)18-15(13(17)16(12)19)11-7-3-2-4-8-11/h2-9H,1H3,(H,18,19). The predicted octanol–water partition coefficient (Wildman–Crippen LogP) is 4.16. The predicted molar refractivity (Wildman–Crippen MR) is 79.8 cm³/mol. The maximum absolute atomic E-state index is 12.3.